The van der Waals surface area contributed by atoms with Crippen LogP contribution < -0.4 is 15.4 Å². The topological polar surface area (TPSA) is 143 Å². The molecular weight excluding hydrogens is 458 g/mol. The summed E-state index contributed by atoms with van der Waals surface area (Å²) in [7, 11) is -3.50. The minimum Gasteiger partial charge on any atom is -0.410 e. The average molecular weight is 486 g/mol. The van der Waals surface area contributed by atoms with E-state index in [9.17, 15) is 18.3 Å². The summed E-state index contributed by atoms with van der Waals surface area (Å²) in [4.78, 5) is 25.2. The third-order valence-electron chi connectivity index (χ3n) is 5.14. The molecule has 0 bridgehead atoms. The van der Waals surface area contributed by atoms with Gasteiger partial charge in [0, 0.05) is 30.1 Å². The highest BCUT2D eigenvalue weighted by Gasteiger charge is 2.35. The van der Waals surface area contributed by atoms with Gasteiger partial charge in [0.05, 0.1) is 12.3 Å². The fourth-order valence-electron chi connectivity index (χ4n) is 2.77. The van der Waals surface area contributed by atoms with Crippen molar-refractivity contribution in [3.8, 4) is 17.1 Å². The number of aliphatic hydroxyl groups is 1. The van der Waals surface area contributed by atoms with Crippen LogP contribution in [-0.4, -0.2) is 53.5 Å². The van der Waals surface area contributed by atoms with Crippen LogP contribution in [0.2, 0.25) is 0 Å². The fraction of sp³-hybridized carbons (Fsp3) is 0.304. The molecule has 0 radical (unpaired) electrons. The molecule has 3 N–H and O–H groups in total. The molecule has 2 aromatic heterocycles. The second-order valence-corrected chi connectivity index (χ2v) is 10.8. The molecular formula is C23H27N5O5S. The molecule has 3 rings (SSSR count). The number of hydrogen-bond acceptors (Lipinski definition) is 9. The molecule has 11 heteroatoms. The van der Waals surface area contributed by atoms with Crippen molar-refractivity contribution < 1.29 is 23.1 Å². The van der Waals surface area contributed by atoms with E-state index in [0.717, 1.165) is 6.26 Å². The SMILES string of the molecule is C[C@@H](CO)Nc1cc(C(C)(C)S(C)(=O)=O)nc(-c2ccc(NC(=O)Oc3ccccc3)nc2)n1. The molecule has 0 aliphatic heterocycles. The van der Waals surface area contributed by atoms with Gasteiger partial charge in [0.25, 0.3) is 0 Å². The summed E-state index contributed by atoms with van der Waals surface area (Å²) in [5, 5.41) is 15.0. The number of para-hydroxylation sites is 1. The Kier molecular flexibility index (Phi) is 7.48. The Morgan fingerprint density at radius 2 is 1.82 bits per heavy atom. The molecule has 1 atom stereocenters. The van der Waals surface area contributed by atoms with Crippen molar-refractivity contribution in [2.45, 2.75) is 31.6 Å². The summed E-state index contributed by atoms with van der Waals surface area (Å²) in [5.74, 6) is 1.26. The number of carbonyl (C=O) groups is 1. The maximum absolute atomic E-state index is 12.4. The lowest BCUT2D eigenvalue weighted by Gasteiger charge is -2.23. The number of pyridine rings is 1. The second-order valence-electron chi connectivity index (χ2n) is 8.23. The molecule has 0 saturated carbocycles. The molecule has 0 unspecified atom stereocenters. The molecule has 0 fully saturated rings. The van der Waals surface area contributed by atoms with Gasteiger partial charge in [-0.1, -0.05) is 18.2 Å². The van der Waals surface area contributed by atoms with Crippen LogP contribution in [0.15, 0.2) is 54.7 Å². The van der Waals surface area contributed by atoms with Crippen molar-refractivity contribution in [1.29, 1.82) is 0 Å². The molecule has 2 heterocycles. The van der Waals surface area contributed by atoms with Crippen LogP contribution in [0.4, 0.5) is 16.4 Å². The van der Waals surface area contributed by atoms with Gasteiger partial charge in [-0.05, 0) is 45.0 Å². The lowest BCUT2D eigenvalue weighted by Crippen LogP contribution is -2.30. The third-order valence-corrected chi connectivity index (χ3v) is 7.21. The van der Waals surface area contributed by atoms with Crippen LogP contribution in [0.3, 0.4) is 0 Å². The number of carbonyl (C=O) groups excluding carboxylic acids is 1. The molecule has 34 heavy (non-hydrogen) atoms. The van der Waals surface area contributed by atoms with E-state index in [-0.39, 0.29) is 24.3 Å². The number of hydrogen-bond donors (Lipinski definition) is 3. The Bertz CT molecular complexity index is 1250. The summed E-state index contributed by atoms with van der Waals surface area (Å²) in [6, 6.07) is 13.1. The smallest absolute Gasteiger partial charge is 0.410 e. The van der Waals surface area contributed by atoms with E-state index in [4.69, 9.17) is 4.74 Å². The molecule has 180 valence electrons. The van der Waals surface area contributed by atoms with Crippen molar-refractivity contribution in [3.05, 3.63) is 60.4 Å². The van der Waals surface area contributed by atoms with Gasteiger partial charge in [-0.2, -0.15) is 0 Å². The molecule has 0 saturated heterocycles. The first-order chi connectivity index (χ1) is 16.0. The van der Waals surface area contributed by atoms with Crippen LogP contribution in [0.5, 0.6) is 5.75 Å². The minimum absolute atomic E-state index is 0.134. The van der Waals surface area contributed by atoms with E-state index in [2.05, 4.69) is 25.6 Å². The lowest BCUT2D eigenvalue weighted by atomic mass is 10.1. The zero-order chi connectivity index (χ0) is 24.9. The number of sulfone groups is 1. The molecule has 3 aromatic rings. The predicted molar refractivity (Wildman–Crippen MR) is 129 cm³/mol. The summed E-state index contributed by atoms with van der Waals surface area (Å²) >= 11 is 0. The van der Waals surface area contributed by atoms with E-state index < -0.39 is 20.7 Å². The van der Waals surface area contributed by atoms with E-state index in [1.807, 2.05) is 6.07 Å². The van der Waals surface area contributed by atoms with E-state index in [0.29, 0.717) is 22.8 Å². The van der Waals surface area contributed by atoms with Gasteiger partial charge in [0.1, 0.15) is 22.1 Å². The number of aliphatic hydroxyl groups excluding tert-OH is 1. The highest BCUT2D eigenvalue weighted by Crippen LogP contribution is 2.31. The van der Waals surface area contributed by atoms with Gasteiger partial charge in [-0.3, -0.25) is 5.32 Å². The Morgan fingerprint density at radius 1 is 1.12 bits per heavy atom. The van der Waals surface area contributed by atoms with E-state index >= 15 is 0 Å². The van der Waals surface area contributed by atoms with Crippen molar-refractivity contribution in [1.82, 2.24) is 15.0 Å². The molecule has 1 amide bonds. The summed E-state index contributed by atoms with van der Waals surface area (Å²) < 4.78 is 28.7. The van der Waals surface area contributed by atoms with Crippen LogP contribution in [-0.2, 0) is 14.6 Å². The molecule has 1 aromatic carbocycles. The standard InChI is InChI=1S/C23H27N5O5S/c1-15(14-29)25-20-12-18(23(2,3)34(4,31)32)26-21(27-20)16-10-11-19(24-13-16)28-22(30)33-17-8-6-5-7-9-17/h5-13,15,29H,14H2,1-4H3,(H,24,28,30)(H,25,26,27)/t15-/m0/s1. The van der Waals surface area contributed by atoms with Gasteiger partial charge >= 0.3 is 6.09 Å². The number of aromatic nitrogens is 3. The van der Waals surface area contributed by atoms with Gasteiger partial charge in [0.15, 0.2) is 15.7 Å². The third kappa shape index (κ3) is 6.06. The Balaban J connectivity index is 1.88. The number of nitrogens with zero attached hydrogens (tertiary/aromatic N) is 3. The van der Waals surface area contributed by atoms with Crippen LogP contribution in [0.1, 0.15) is 26.5 Å². The van der Waals surface area contributed by atoms with Crippen LogP contribution >= 0.6 is 0 Å². The second kappa shape index (κ2) is 10.1. The zero-order valence-corrected chi connectivity index (χ0v) is 20.1. The average Bonchev–Trinajstić information content (AvgIpc) is 2.79. The highest BCUT2D eigenvalue weighted by molar-refractivity contribution is 7.91. The van der Waals surface area contributed by atoms with Crippen molar-refractivity contribution >= 4 is 27.6 Å². The quantitative estimate of drug-likeness (QED) is 0.438. The summed E-state index contributed by atoms with van der Waals surface area (Å²) in [6.07, 6.45) is 1.92. The number of nitrogens with one attached hydrogen (secondary N) is 2. The maximum atomic E-state index is 12.4. The van der Waals surface area contributed by atoms with Gasteiger partial charge in [-0.25, -0.2) is 28.2 Å². The summed E-state index contributed by atoms with van der Waals surface area (Å²) in [5.41, 5.74) is 0.800. The zero-order valence-electron chi connectivity index (χ0n) is 19.3. The van der Waals surface area contributed by atoms with Crippen molar-refractivity contribution in [3.63, 3.8) is 0 Å². The Hall–Kier alpha value is -3.57. The van der Waals surface area contributed by atoms with Crippen molar-refractivity contribution in [2.24, 2.45) is 0 Å². The van der Waals surface area contributed by atoms with Gasteiger partial charge in [0.2, 0.25) is 0 Å². The number of ether oxygens (including phenoxy) is 1. The maximum Gasteiger partial charge on any atom is 0.418 e. The first-order valence-electron chi connectivity index (χ1n) is 10.5. The molecule has 0 spiro atoms. The monoisotopic (exact) mass is 485 g/mol. The number of amides is 1. The van der Waals surface area contributed by atoms with Gasteiger partial charge < -0.3 is 15.2 Å². The largest absolute Gasteiger partial charge is 0.418 e. The molecule has 0 aliphatic carbocycles. The number of anilines is 2. The first kappa shape index (κ1) is 25.1. The normalized spacial score (nSPS) is 12.6. The number of benzene rings is 1. The van der Waals surface area contributed by atoms with E-state index in [1.54, 1.807) is 63.2 Å². The Labute approximate surface area is 198 Å². The van der Waals surface area contributed by atoms with E-state index in [1.165, 1.54) is 6.20 Å². The minimum atomic E-state index is -3.50. The lowest BCUT2D eigenvalue weighted by molar-refractivity contribution is 0.215. The highest BCUT2D eigenvalue weighted by atomic mass is 32.2. The van der Waals surface area contributed by atoms with Gasteiger partial charge in [-0.15, -0.1) is 0 Å². The molecule has 10 nitrogen and oxygen atoms in total. The van der Waals surface area contributed by atoms with Crippen LogP contribution in [0, 0.1) is 0 Å². The fourth-order valence-corrected chi connectivity index (χ4v) is 3.26. The first-order valence-corrected chi connectivity index (χ1v) is 12.4. The Morgan fingerprint density at radius 3 is 2.41 bits per heavy atom. The van der Waals surface area contributed by atoms with Crippen molar-refractivity contribution in [2.75, 3.05) is 23.5 Å². The molecule has 0 aliphatic rings. The predicted octanol–water partition coefficient (Wildman–Crippen LogP) is 3.22. The number of rotatable bonds is 8. The summed E-state index contributed by atoms with van der Waals surface area (Å²) in [6.45, 7) is 4.76. The van der Waals surface area contributed by atoms with Crippen LogP contribution in [0.25, 0.3) is 11.4 Å².